The second-order valence-electron chi connectivity index (χ2n) is 3.70. The van der Waals surface area contributed by atoms with Gasteiger partial charge in [0, 0.05) is 6.54 Å². The van der Waals surface area contributed by atoms with Crippen molar-refractivity contribution in [3.05, 3.63) is 16.9 Å². The first kappa shape index (κ1) is 11.5. The normalized spacial score (nSPS) is 13.6. The molecule has 1 atom stereocenters. The zero-order valence-corrected chi connectivity index (χ0v) is 9.97. The molecule has 1 aromatic heterocycles. The van der Waals surface area contributed by atoms with Gasteiger partial charge >= 0.3 is 0 Å². The molecule has 0 fully saturated rings. The standard InChI is InChI=1S/C10H18ClN3/c1-5-14-10(8(11)6-13-14)9(12-4)7(2)3/h6-7,9,12H,5H2,1-4H3. The summed E-state index contributed by atoms with van der Waals surface area (Å²) >= 11 is 6.12. The van der Waals surface area contributed by atoms with Gasteiger partial charge in [0.1, 0.15) is 0 Å². The molecular weight excluding hydrogens is 198 g/mol. The summed E-state index contributed by atoms with van der Waals surface area (Å²) in [7, 11) is 1.95. The molecule has 1 rings (SSSR count). The zero-order valence-electron chi connectivity index (χ0n) is 9.21. The number of aromatic nitrogens is 2. The third-order valence-corrected chi connectivity index (χ3v) is 2.70. The van der Waals surface area contributed by atoms with Crippen LogP contribution in [0.1, 0.15) is 32.5 Å². The van der Waals surface area contributed by atoms with E-state index in [1.165, 1.54) is 0 Å². The molecule has 0 saturated carbocycles. The third kappa shape index (κ3) is 2.10. The van der Waals surface area contributed by atoms with Gasteiger partial charge in [-0.05, 0) is 19.9 Å². The summed E-state index contributed by atoms with van der Waals surface area (Å²) in [5, 5.41) is 8.25. The second-order valence-corrected chi connectivity index (χ2v) is 4.11. The van der Waals surface area contributed by atoms with Crippen LogP contribution in [0, 0.1) is 5.92 Å². The van der Waals surface area contributed by atoms with E-state index < -0.39 is 0 Å². The first-order chi connectivity index (χ1) is 6.61. The third-order valence-electron chi connectivity index (χ3n) is 2.41. The summed E-state index contributed by atoms with van der Waals surface area (Å²) in [6.07, 6.45) is 1.72. The van der Waals surface area contributed by atoms with Gasteiger partial charge in [-0.2, -0.15) is 5.10 Å². The first-order valence-electron chi connectivity index (χ1n) is 5.00. The van der Waals surface area contributed by atoms with Gasteiger partial charge in [0.05, 0.1) is 23.0 Å². The van der Waals surface area contributed by atoms with E-state index in [0.29, 0.717) is 5.92 Å². The highest BCUT2D eigenvalue weighted by molar-refractivity contribution is 6.31. The van der Waals surface area contributed by atoms with Gasteiger partial charge in [-0.3, -0.25) is 4.68 Å². The fraction of sp³-hybridized carbons (Fsp3) is 0.700. The molecule has 0 aliphatic heterocycles. The summed E-state index contributed by atoms with van der Waals surface area (Å²) in [6.45, 7) is 7.27. The van der Waals surface area contributed by atoms with Crippen molar-refractivity contribution in [2.75, 3.05) is 7.05 Å². The maximum atomic E-state index is 6.12. The highest BCUT2D eigenvalue weighted by Gasteiger charge is 2.20. The van der Waals surface area contributed by atoms with Crippen LogP contribution in [0.4, 0.5) is 0 Å². The van der Waals surface area contributed by atoms with E-state index in [2.05, 4.69) is 31.2 Å². The fourth-order valence-corrected chi connectivity index (χ4v) is 1.98. The molecule has 14 heavy (non-hydrogen) atoms. The smallest absolute Gasteiger partial charge is 0.0834 e. The van der Waals surface area contributed by atoms with Crippen LogP contribution in [0.25, 0.3) is 0 Å². The Morgan fingerprint density at radius 2 is 2.21 bits per heavy atom. The predicted octanol–water partition coefficient (Wildman–Crippen LogP) is 2.47. The molecule has 1 unspecified atom stereocenters. The van der Waals surface area contributed by atoms with Gasteiger partial charge in [-0.1, -0.05) is 25.4 Å². The topological polar surface area (TPSA) is 29.9 Å². The van der Waals surface area contributed by atoms with Gasteiger partial charge in [-0.15, -0.1) is 0 Å². The van der Waals surface area contributed by atoms with Crippen LogP contribution in [-0.2, 0) is 6.54 Å². The minimum Gasteiger partial charge on any atom is -0.311 e. The van der Waals surface area contributed by atoms with Gasteiger partial charge in [0.25, 0.3) is 0 Å². The van der Waals surface area contributed by atoms with Gasteiger partial charge in [-0.25, -0.2) is 0 Å². The van der Waals surface area contributed by atoms with Crippen LogP contribution >= 0.6 is 11.6 Å². The number of hydrogen-bond donors (Lipinski definition) is 1. The molecule has 0 aliphatic carbocycles. The number of nitrogens with one attached hydrogen (secondary N) is 1. The maximum absolute atomic E-state index is 6.12. The number of nitrogens with zero attached hydrogens (tertiary/aromatic N) is 2. The highest BCUT2D eigenvalue weighted by atomic mass is 35.5. The van der Waals surface area contributed by atoms with E-state index in [1.807, 2.05) is 11.7 Å². The lowest BCUT2D eigenvalue weighted by molar-refractivity contribution is 0.409. The van der Waals surface area contributed by atoms with Crippen LogP contribution in [0.15, 0.2) is 6.20 Å². The van der Waals surface area contributed by atoms with Gasteiger partial charge < -0.3 is 5.32 Å². The Kier molecular flexibility index (Phi) is 3.96. The van der Waals surface area contributed by atoms with E-state index in [1.54, 1.807) is 6.20 Å². The van der Waals surface area contributed by atoms with Crippen LogP contribution < -0.4 is 5.32 Å². The summed E-state index contributed by atoms with van der Waals surface area (Å²) in [6, 6.07) is 0.268. The molecule has 1 heterocycles. The Balaban J connectivity index is 3.07. The van der Waals surface area contributed by atoms with E-state index in [0.717, 1.165) is 17.3 Å². The molecule has 80 valence electrons. The molecule has 0 amide bonds. The molecule has 3 nitrogen and oxygen atoms in total. The monoisotopic (exact) mass is 215 g/mol. The Morgan fingerprint density at radius 1 is 1.57 bits per heavy atom. The van der Waals surface area contributed by atoms with Crippen LogP contribution in [0.2, 0.25) is 5.02 Å². The Hall–Kier alpha value is -0.540. The van der Waals surface area contributed by atoms with Crippen molar-refractivity contribution >= 4 is 11.6 Å². The Bertz CT molecular complexity index is 294. The quantitative estimate of drug-likeness (QED) is 0.837. The Morgan fingerprint density at radius 3 is 2.64 bits per heavy atom. The molecule has 1 N–H and O–H groups in total. The molecule has 1 aromatic rings. The van der Waals surface area contributed by atoms with Crippen molar-refractivity contribution in [3.8, 4) is 0 Å². The van der Waals surface area contributed by atoms with E-state index >= 15 is 0 Å². The maximum Gasteiger partial charge on any atom is 0.0834 e. The van der Waals surface area contributed by atoms with Gasteiger partial charge in [0.15, 0.2) is 0 Å². The van der Waals surface area contributed by atoms with E-state index in [9.17, 15) is 0 Å². The fourth-order valence-electron chi connectivity index (χ4n) is 1.72. The van der Waals surface area contributed by atoms with Crippen LogP contribution in [-0.4, -0.2) is 16.8 Å². The van der Waals surface area contributed by atoms with E-state index in [4.69, 9.17) is 11.6 Å². The molecule has 0 aliphatic rings. The SMILES string of the molecule is CCn1ncc(Cl)c1C(NC)C(C)C. The van der Waals surface area contributed by atoms with Crippen molar-refractivity contribution in [1.29, 1.82) is 0 Å². The largest absolute Gasteiger partial charge is 0.311 e. The zero-order chi connectivity index (χ0) is 10.7. The number of hydrogen-bond acceptors (Lipinski definition) is 2. The lowest BCUT2D eigenvalue weighted by Gasteiger charge is -2.21. The van der Waals surface area contributed by atoms with E-state index in [-0.39, 0.29) is 6.04 Å². The molecular formula is C10H18ClN3. The molecule has 0 spiro atoms. The summed E-state index contributed by atoms with van der Waals surface area (Å²) in [4.78, 5) is 0. The van der Waals surface area contributed by atoms with Gasteiger partial charge in [0.2, 0.25) is 0 Å². The number of halogens is 1. The van der Waals surface area contributed by atoms with Crippen molar-refractivity contribution in [2.24, 2.45) is 5.92 Å². The lowest BCUT2D eigenvalue weighted by Crippen LogP contribution is -2.25. The van der Waals surface area contributed by atoms with Crippen molar-refractivity contribution in [2.45, 2.75) is 33.4 Å². The van der Waals surface area contributed by atoms with Crippen molar-refractivity contribution in [1.82, 2.24) is 15.1 Å². The highest BCUT2D eigenvalue weighted by Crippen LogP contribution is 2.27. The minimum atomic E-state index is 0.268. The summed E-state index contributed by atoms with van der Waals surface area (Å²) < 4.78 is 1.95. The predicted molar refractivity (Wildman–Crippen MR) is 59.5 cm³/mol. The first-order valence-corrected chi connectivity index (χ1v) is 5.38. The number of rotatable bonds is 4. The molecule has 0 radical (unpaired) electrons. The molecule has 0 bridgehead atoms. The summed E-state index contributed by atoms with van der Waals surface area (Å²) in [5.74, 6) is 0.500. The van der Waals surface area contributed by atoms with Crippen LogP contribution in [0.5, 0.6) is 0 Å². The number of aryl methyl sites for hydroxylation is 1. The average Bonchev–Trinajstić information content (AvgIpc) is 2.49. The lowest BCUT2D eigenvalue weighted by atomic mass is 10.0. The Labute approximate surface area is 90.4 Å². The van der Waals surface area contributed by atoms with Crippen LogP contribution in [0.3, 0.4) is 0 Å². The average molecular weight is 216 g/mol. The van der Waals surface area contributed by atoms with Crippen molar-refractivity contribution < 1.29 is 0 Å². The molecule has 0 saturated heterocycles. The molecule has 4 heteroatoms. The molecule has 0 aromatic carbocycles. The van der Waals surface area contributed by atoms with Crippen molar-refractivity contribution in [3.63, 3.8) is 0 Å². The second kappa shape index (κ2) is 4.80. The summed E-state index contributed by atoms with van der Waals surface area (Å²) in [5.41, 5.74) is 1.09. The minimum absolute atomic E-state index is 0.268.